The van der Waals surface area contributed by atoms with Crippen LogP contribution in [0.5, 0.6) is 0 Å². The predicted octanol–water partition coefficient (Wildman–Crippen LogP) is 0.281. The first kappa shape index (κ1) is 7.79. The van der Waals surface area contributed by atoms with Gasteiger partial charge in [-0.2, -0.15) is 0 Å². The summed E-state index contributed by atoms with van der Waals surface area (Å²) in [5, 5.41) is 0.968. The summed E-state index contributed by atoms with van der Waals surface area (Å²) >= 11 is 0. The lowest BCUT2D eigenvalue weighted by Crippen LogP contribution is -2.27. The molecule has 13 heavy (non-hydrogen) atoms. The van der Waals surface area contributed by atoms with Crippen molar-refractivity contribution in [3.8, 4) is 0 Å². The van der Waals surface area contributed by atoms with Gasteiger partial charge in [-0.3, -0.25) is 14.7 Å². The molecule has 2 N–H and O–H groups in total. The number of hydrogen-bond acceptors (Lipinski definition) is 3. The maximum absolute atomic E-state index is 5.69. The van der Waals surface area contributed by atoms with Crippen molar-refractivity contribution in [1.29, 1.82) is 0 Å². The molecule has 0 radical (unpaired) electrons. The third-order valence-corrected chi connectivity index (χ3v) is 1.93. The molecule has 4 nitrogen and oxygen atoms in total. The first-order valence-corrected chi connectivity index (χ1v) is 3.97. The van der Waals surface area contributed by atoms with E-state index in [9.17, 15) is 0 Å². The van der Waals surface area contributed by atoms with Gasteiger partial charge in [0.25, 0.3) is 0 Å². The van der Waals surface area contributed by atoms with E-state index in [0.717, 1.165) is 16.4 Å². The highest BCUT2D eigenvalue weighted by Crippen LogP contribution is 2.02. The number of aromatic nitrogens is 2. The third-order valence-electron chi connectivity index (χ3n) is 1.93. The zero-order chi connectivity index (χ0) is 9.26. The monoisotopic (exact) mass is 174 g/mol. The van der Waals surface area contributed by atoms with Crippen LogP contribution >= 0.6 is 0 Å². The Morgan fingerprint density at radius 1 is 1.46 bits per heavy atom. The van der Waals surface area contributed by atoms with Crippen LogP contribution in [0.25, 0.3) is 10.9 Å². The molecule has 0 aliphatic carbocycles. The molecule has 0 aromatic carbocycles. The fourth-order valence-electron chi connectivity index (χ4n) is 1.34. The summed E-state index contributed by atoms with van der Waals surface area (Å²) in [5.41, 5.74) is 1.65. The van der Waals surface area contributed by atoms with Crippen LogP contribution in [0.2, 0.25) is 0 Å². The Hall–Kier alpha value is -1.84. The van der Waals surface area contributed by atoms with Crippen LogP contribution in [0.4, 0.5) is 0 Å². The smallest absolute Gasteiger partial charge is 0.155 e. The molecule has 4 heteroatoms. The molecular formula is C9H10N4. The van der Waals surface area contributed by atoms with E-state index in [4.69, 9.17) is 5.84 Å². The zero-order valence-corrected chi connectivity index (χ0v) is 7.31. The molecular weight excluding hydrogens is 164 g/mol. The summed E-state index contributed by atoms with van der Waals surface area (Å²) in [4.78, 5) is 8.30. The molecule has 0 aliphatic heterocycles. The highest BCUT2D eigenvalue weighted by Gasteiger charge is 1.96. The number of pyridine rings is 2. The van der Waals surface area contributed by atoms with Gasteiger partial charge in [0, 0.05) is 24.8 Å². The first-order valence-electron chi connectivity index (χ1n) is 3.97. The number of nitrogen functional groups attached to an aromatic ring is 1. The predicted molar refractivity (Wildman–Crippen MR) is 51.4 cm³/mol. The summed E-state index contributed by atoms with van der Waals surface area (Å²) < 4.78 is 1.49. The molecule has 0 saturated heterocycles. The van der Waals surface area contributed by atoms with E-state index in [2.05, 4.69) is 9.98 Å². The first-order chi connectivity index (χ1) is 6.33. The van der Waals surface area contributed by atoms with Crippen LogP contribution < -0.4 is 11.3 Å². The van der Waals surface area contributed by atoms with E-state index in [1.54, 1.807) is 19.4 Å². The fourth-order valence-corrected chi connectivity index (χ4v) is 1.34. The van der Waals surface area contributed by atoms with Crippen LogP contribution in [0.15, 0.2) is 35.6 Å². The van der Waals surface area contributed by atoms with Gasteiger partial charge >= 0.3 is 0 Å². The van der Waals surface area contributed by atoms with Gasteiger partial charge in [-0.05, 0) is 18.2 Å². The Morgan fingerprint density at radius 3 is 3.08 bits per heavy atom. The summed E-state index contributed by atoms with van der Waals surface area (Å²) in [6.07, 6.45) is 3.50. The summed E-state index contributed by atoms with van der Waals surface area (Å²) in [6, 6.07) is 5.69. The molecule has 2 aromatic rings. The molecule has 0 fully saturated rings. The van der Waals surface area contributed by atoms with Crippen molar-refractivity contribution in [3.05, 3.63) is 36.1 Å². The van der Waals surface area contributed by atoms with Crippen LogP contribution in [0, 0.1) is 0 Å². The Balaban J connectivity index is 3.01. The number of nitrogens with zero attached hydrogens (tertiary/aromatic N) is 3. The van der Waals surface area contributed by atoms with E-state index in [1.165, 1.54) is 4.68 Å². The van der Waals surface area contributed by atoms with E-state index < -0.39 is 0 Å². The Kier molecular flexibility index (Phi) is 1.73. The topological polar surface area (TPSA) is 56.2 Å². The van der Waals surface area contributed by atoms with E-state index in [1.807, 2.05) is 18.2 Å². The lowest BCUT2D eigenvalue weighted by Gasteiger charge is -2.02. The normalized spacial score (nSPS) is 12.2. The van der Waals surface area contributed by atoms with Crippen LogP contribution in [0.1, 0.15) is 0 Å². The van der Waals surface area contributed by atoms with Gasteiger partial charge < -0.3 is 5.84 Å². The zero-order valence-electron chi connectivity index (χ0n) is 7.31. The molecule has 0 atom stereocenters. The van der Waals surface area contributed by atoms with Crippen molar-refractivity contribution in [2.75, 3.05) is 12.9 Å². The minimum atomic E-state index is 0.741. The molecule has 2 heterocycles. The Labute approximate surface area is 75.3 Å². The van der Waals surface area contributed by atoms with Gasteiger partial charge in [-0.15, -0.1) is 0 Å². The average Bonchev–Trinajstić information content (AvgIpc) is 2.18. The summed E-state index contributed by atoms with van der Waals surface area (Å²) in [7, 11) is 1.71. The number of nitrogens with two attached hydrogens (primary N) is 1. The highest BCUT2D eigenvalue weighted by atomic mass is 15.3. The van der Waals surface area contributed by atoms with Crippen molar-refractivity contribution in [2.45, 2.75) is 0 Å². The van der Waals surface area contributed by atoms with Crippen LogP contribution in [0.3, 0.4) is 0 Å². The van der Waals surface area contributed by atoms with Crippen molar-refractivity contribution < 1.29 is 0 Å². The Bertz CT molecular complexity index is 498. The van der Waals surface area contributed by atoms with Gasteiger partial charge in [-0.1, -0.05) is 0 Å². The second-order valence-electron chi connectivity index (χ2n) is 2.71. The highest BCUT2D eigenvalue weighted by molar-refractivity contribution is 5.76. The molecule has 0 unspecified atom stereocenters. The van der Waals surface area contributed by atoms with E-state index in [0.29, 0.717) is 0 Å². The van der Waals surface area contributed by atoms with Gasteiger partial charge in [0.1, 0.15) is 0 Å². The summed E-state index contributed by atoms with van der Waals surface area (Å²) in [5.74, 6) is 5.69. The van der Waals surface area contributed by atoms with Crippen LogP contribution in [-0.2, 0) is 0 Å². The van der Waals surface area contributed by atoms with Gasteiger partial charge in [0.05, 0.1) is 5.52 Å². The Morgan fingerprint density at radius 2 is 2.31 bits per heavy atom. The van der Waals surface area contributed by atoms with Crippen molar-refractivity contribution in [3.63, 3.8) is 0 Å². The quantitative estimate of drug-likeness (QED) is 0.583. The van der Waals surface area contributed by atoms with E-state index in [-0.39, 0.29) is 0 Å². The lowest BCUT2D eigenvalue weighted by atomic mass is 10.3. The number of hydrogen-bond donors (Lipinski definition) is 1. The molecule has 0 amide bonds. The SMILES string of the molecule is CN=c1c2cccnc2ccn1N. The molecule has 0 aliphatic rings. The van der Waals surface area contributed by atoms with Crippen molar-refractivity contribution in [1.82, 2.24) is 9.66 Å². The van der Waals surface area contributed by atoms with Gasteiger partial charge in [0.15, 0.2) is 5.49 Å². The standard InChI is InChI=1S/C9H10N4/c1-11-9-7-3-2-5-12-8(7)4-6-13(9)10/h2-6H,10H2,1H3. The molecule has 0 spiro atoms. The van der Waals surface area contributed by atoms with Crippen molar-refractivity contribution >= 4 is 10.9 Å². The summed E-state index contributed by atoms with van der Waals surface area (Å²) in [6.45, 7) is 0. The maximum atomic E-state index is 5.69. The molecule has 0 saturated carbocycles. The largest absolute Gasteiger partial charge is 0.338 e. The third kappa shape index (κ3) is 1.16. The lowest BCUT2D eigenvalue weighted by molar-refractivity contribution is 0.908. The molecule has 2 rings (SSSR count). The number of rotatable bonds is 0. The van der Waals surface area contributed by atoms with Crippen LogP contribution in [-0.4, -0.2) is 16.7 Å². The van der Waals surface area contributed by atoms with E-state index >= 15 is 0 Å². The molecule has 0 bridgehead atoms. The minimum Gasteiger partial charge on any atom is -0.338 e. The average molecular weight is 174 g/mol. The maximum Gasteiger partial charge on any atom is 0.155 e. The fraction of sp³-hybridized carbons (Fsp3) is 0.111. The molecule has 2 aromatic heterocycles. The van der Waals surface area contributed by atoms with Gasteiger partial charge in [-0.25, -0.2) is 0 Å². The molecule has 66 valence electrons. The van der Waals surface area contributed by atoms with Gasteiger partial charge in [0.2, 0.25) is 0 Å². The minimum absolute atomic E-state index is 0.741. The number of fused-ring (bicyclic) bond motifs is 1. The second kappa shape index (κ2) is 2.90. The second-order valence-corrected chi connectivity index (χ2v) is 2.71. The van der Waals surface area contributed by atoms with Crippen molar-refractivity contribution in [2.24, 2.45) is 4.99 Å².